The van der Waals surface area contributed by atoms with Crippen LogP contribution in [0.15, 0.2) is 18.2 Å². The molecule has 0 spiro atoms. The fourth-order valence-corrected chi connectivity index (χ4v) is 1.14. The Bertz CT molecular complexity index is 325. The summed E-state index contributed by atoms with van der Waals surface area (Å²) in [5, 5.41) is 8.01. The average Bonchev–Trinajstić information content (AvgIpc) is 2.16. The molecule has 1 aromatic carbocycles. The van der Waals surface area contributed by atoms with Gasteiger partial charge in [-0.15, -0.1) is 0 Å². The van der Waals surface area contributed by atoms with Gasteiger partial charge in [-0.25, -0.2) is 0 Å². The minimum Gasteiger partial charge on any atom is -0.496 e. The number of rotatable bonds is 2. The summed E-state index contributed by atoms with van der Waals surface area (Å²) >= 11 is 5.77. The largest absolute Gasteiger partial charge is 0.496 e. The van der Waals surface area contributed by atoms with E-state index < -0.39 is 0 Å². The maximum absolute atomic E-state index is 7.46. The Morgan fingerprint density at radius 1 is 1.38 bits per heavy atom. The Morgan fingerprint density at radius 2 is 2.08 bits per heavy atom. The van der Waals surface area contributed by atoms with Crippen LogP contribution in [0.1, 0.15) is 5.56 Å². The summed E-state index contributed by atoms with van der Waals surface area (Å²) < 4.78 is 9.82. The maximum atomic E-state index is 7.46. The summed E-state index contributed by atoms with van der Waals surface area (Å²) in [7, 11) is 2.97. The molecule has 0 radical (unpaired) electrons. The number of benzene rings is 1. The van der Waals surface area contributed by atoms with E-state index in [1.807, 2.05) is 0 Å². The second-order valence-electron chi connectivity index (χ2n) is 2.38. The van der Waals surface area contributed by atoms with E-state index in [-0.39, 0.29) is 5.90 Å². The number of methoxy groups -OCH3 is 2. The van der Waals surface area contributed by atoms with Crippen LogP contribution in [0.25, 0.3) is 0 Å². The summed E-state index contributed by atoms with van der Waals surface area (Å²) in [5.74, 6) is 0.621. The highest BCUT2D eigenvalue weighted by Gasteiger charge is 2.08. The van der Waals surface area contributed by atoms with E-state index >= 15 is 0 Å². The van der Waals surface area contributed by atoms with Crippen molar-refractivity contribution in [1.29, 1.82) is 5.41 Å². The lowest BCUT2D eigenvalue weighted by atomic mass is 10.2. The van der Waals surface area contributed by atoms with Gasteiger partial charge in [-0.05, 0) is 18.2 Å². The minimum absolute atomic E-state index is 0.0411. The molecule has 0 heterocycles. The molecule has 1 rings (SSSR count). The predicted octanol–water partition coefficient (Wildman–Crippen LogP) is 2.32. The molecule has 0 aromatic heterocycles. The fraction of sp³-hybridized carbons (Fsp3) is 0.222. The number of hydrogen-bond acceptors (Lipinski definition) is 3. The third kappa shape index (κ3) is 2.12. The Morgan fingerprint density at radius 3 is 2.62 bits per heavy atom. The van der Waals surface area contributed by atoms with Crippen LogP contribution in [0.3, 0.4) is 0 Å². The molecule has 0 bridgehead atoms. The van der Waals surface area contributed by atoms with Gasteiger partial charge in [0.2, 0.25) is 5.90 Å². The van der Waals surface area contributed by atoms with Crippen molar-refractivity contribution in [2.75, 3.05) is 14.2 Å². The van der Waals surface area contributed by atoms with Gasteiger partial charge in [-0.2, -0.15) is 0 Å². The summed E-state index contributed by atoms with van der Waals surface area (Å²) in [6.45, 7) is 0. The van der Waals surface area contributed by atoms with Crippen LogP contribution < -0.4 is 4.74 Å². The van der Waals surface area contributed by atoms with Gasteiger partial charge in [0.1, 0.15) is 5.75 Å². The summed E-state index contributed by atoms with van der Waals surface area (Å²) in [6.07, 6.45) is 0. The zero-order valence-electron chi connectivity index (χ0n) is 7.43. The van der Waals surface area contributed by atoms with Crippen LogP contribution in [-0.4, -0.2) is 20.1 Å². The quantitative estimate of drug-likeness (QED) is 0.587. The van der Waals surface area contributed by atoms with Gasteiger partial charge in [0.25, 0.3) is 0 Å². The average molecular weight is 200 g/mol. The molecule has 4 heteroatoms. The van der Waals surface area contributed by atoms with Gasteiger partial charge in [0, 0.05) is 5.02 Å². The lowest BCUT2D eigenvalue weighted by Crippen LogP contribution is -2.03. The third-order valence-electron chi connectivity index (χ3n) is 1.61. The second-order valence-corrected chi connectivity index (χ2v) is 2.81. The number of halogens is 1. The first kappa shape index (κ1) is 9.86. The lowest BCUT2D eigenvalue weighted by Gasteiger charge is -2.08. The van der Waals surface area contributed by atoms with Crippen LogP contribution in [0, 0.1) is 5.41 Å². The van der Waals surface area contributed by atoms with Crippen LogP contribution in [0.4, 0.5) is 0 Å². The Balaban J connectivity index is 3.15. The van der Waals surface area contributed by atoms with Crippen molar-refractivity contribution >= 4 is 17.5 Å². The van der Waals surface area contributed by atoms with Crippen LogP contribution in [0.5, 0.6) is 5.75 Å². The van der Waals surface area contributed by atoms with E-state index in [0.29, 0.717) is 16.3 Å². The van der Waals surface area contributed by atoms with Crippen molar-refractivity contribution in [1.82, 2.24) is 0 Å². The topological polar surface area (TPSA) is 42.3 Å². The van der Waals surface area contributed by atoms with Crippen molar-refractivity contribution in [2.24, 2.45) is 0 Å². The Kier molecular flexibility index (Phi) is 3.14. The van der Waals surface area contributed by atoms with Crippen molar-refractivity contribution in [2.45, 2.75) is 0 Å². The first-order chi connectivity index (χ1) is 6.19. The molecule has 0 saturated heterocycles. The zero-order chi connectivity index (χ0) is 9.84. The van der Waals surface area contributed by atoms with Gasteiger partial charge in [-0.1, -0.05) is 11.6 Å². The molecule has 0 saturated carbocycles. The number of nitrogens with one attached hydrogen (secondary N) is 1. The molecule has 3 nitrogen and oxygen atoms in total. The highest BCUT2D eigenvalue weighted by molar-refractivity contribution is 6.31. The molecule has 0 atom stereocenters. The summed E-state index contributed by atoms with van der Waals surface area (Å²) in [4.78, 5) is 0. The summed E-state index contributed by atoms with van der Waals surface area (Å²) in [6, 6.07) is 5.03. The van der Waals surface area contributed by atoms with Gasteiger partial charge in [0.05, 0.1) is 19.8 Å². The van der Waals surface area contributed by atoms with E-state index in [1.54, 1.807) is 18.2 Å². The molecule has 0 aliphatic carbocycles. The van der Waals surface area contributed by atoms with E-state index in [1.165, 1.54) is 14.2 Å². The smallest absolute Gasteiger partial charge is 0.216 e. The molecular weight excluding hydrogens is 190 g/mol. The maximum Gasteiger partial charge on any atom is 0.216 e. The molecule has 0 fully saturated rings. The Labute approximate surface area is 81.7 Å². The van der Waals surface area contributed by atoms with Crippen molar-refractivity contribution in [3.05, 3.63) is 28.8 Å². The predicted molar refractivity (Wildman–Crippen MR) is 51.8 cm³/mol. The van der Waals surface area contributed by atoms with Gasteiger partial charge < -0.3 is 9.47 Å². The number of hydrogen-bond donors (Lipinski definition) is 1. The van der Waals surface area contributed by atoms with Gasteiger partial charge >= 0.3 is 0 Å². The van der Waals surface area contributed by atoms with Crippen molar-refractivity contribution in [3.8, 4) is 5.75 Å². The van der Waals surface area contributed by atoms with Crippen molar-refractivity contribution in [3.63, 3.8) is 0 Å². The molecule has 70 valence electrons. The molecule has 0 aliphatic heterocycles. The van der Waals surface area contributed by atoms with Gasteiger partial charge in [0.15, 0.2) is 0 Å². The first-order valence-electron chi connectivity index (χ1n) is 3.65. The standard InChI is InChI=1S/C9H10ClNO2/c1-12-8-4-3-6(10)5-7(8)9(11)13-2/h3-5,11H,1-2H3. The van der Waals surface area contributed by atoms with E-state index in [2.05, 4.69) is 0 Å². The number of ether oxygens (including phenoxy) is 2. The molecule has 0 aliphatic rings. The third-order valence-corrected chi connectivity index (χ3v) is 1.85. The van der Waals surface area contributed by atoms with Crippen LogP contribution >= 0.6 is 11.6 Å². The second kappa shape index (κ2) is 4.14. The molecular formula is C9H10ClNO2. The van der Waals surface area contributed by atoms with Gasteiger partial charge in [-0.3, -0.25) is 5.41 Å². The van der Waals surface area contributed by atoms with E-state index in [4.69, 9.17) is 26.5 Å². The van der Waals surface area contributed by atoms with E-state index in [0.717, 1.165) is 0 Å². The van der Waals surface area contributed by atoms with Crippen molar-refractivity contribution < 1.29 is 9.47 Å². The summed E-state index contributed by atoms with van der Waals surface area (Å²) in [5.41, 5.74) is 0.553. The van der Waals surface area contributed by atoms with Crippen LogP contribution in [0.2, 0.25) is 5.02 Å². The highest BCUT2D eigenvalue weighted by atomic mass is 35.5. The monoisotopic (exact) mass is 199 g/mol. The highest BCUT2D eigenvalue weighted by Crippen LogP contribution is 2.22. The normalized spacial score (nSPS) is 9.46. The molecule has 0 amide bonds. The fourth-order valence-electron chi connectivity index (χ4n) is 0.968. The molecule has 1 aromatic rings. The molecule has 0 unspecified atom stereocenters. The zero-order valence-corrected chi connectivity index (χ0v) is 8.18. The molecule has 13 heavy (non-hydrogen) atoms. The Hall–Kier alpha value is -1.22. The minimum atomic E-state index is 0.0411. The molecule has 1 N–H and O–H groups in total. The van der Waals surface area contributed by atoms with E-state index in [9.17, 15) is 0 Å². The first-order valence-corrected chi connectivity index (χ1v) is 4.03. The SMILES string of the molecule is COC(=N)c1cc(Cl)ccc1OC. The van der Waals surface area contributed by atoms with Crippen LogP contribution in [-0.2, 0) is 4.74 Å². The lowest BCUT2D eigenvalue weighted by molar-refractivity contribution is 0.388.